The Hall–Kier alpha value is -2.05. The van der Waals surface area contributed by atoms with Crippen molar-refractivity contribution >= 4 is 38.9 Å². The van der Waals surface area contributed by atoms with Crippen molar-refractivity contribution in [2.24, 2.45) is 0 Å². The second-order valence-corrected chi connectivity index (χ2v) is 7.64. The van der Waals surface area contributed by atoms with E-state index in [1.807, 2.05) is 5.38 Å². The summed E-state index contributed by atoms with van der Waals surface area (Å²) in [6.45, 7) is 0. The first-order valence-electron chi connectivity index (χ1n) is 7.65. The van der Waals surface area contributed by atoms with Crippen molar-refractivity contribution < 1.29 is 13.6 Å². The Morgan fingerprint density at radius 2 is 1.88 bits per heavy atom. The summed E-state index contributed by atoms with van der Waals surface area (Å²) in [4.78, 5) is 13.3. The van der Waals surface area contributed by atoms with Gasteiger partial charge in [0, 0.05) is 28.2 Å². The number of fused-ring (bicyclic) bond motifs is 1. The van der Waals surface area contributed by atoms with Gasteiger partial charge in [0.1, 0.15) is 11.6 Å². The lowest BCUT2D eigenvalue weighted by Crippen LogP contribution is -2.22. The van der Waals surface area contributed by atoms with Gasteiger partial charge in [0.25, 0.3) is 0 Å². The topological polar surface area (TPSA) is 29.1 Å². The largest absolute Gasteiger partial charge is 0.325 e. The Morgan fingerprint density at radius 1 is 1.12 bits per heavy atom. The molecule has 0 aliphatic carbocycles. The molecule has 25 heavy (non-hydrogen) atoms. The van der Waals surface area contributed by atoms with Gasteiger partial charge in [0.2, 0.25) is 5.91 Å². The van der Waals surface area contributed by atoms with E-state index < -0.39 is 0 Å². The molecule has 1 atom stereocenters. The van der Waals surface area contributed by atoms with Gasteiger partial charge in [-0.1, -0.05) is 18.2 Å². The molecule has 1 aromatic heterocycles. The van der Waals surface area contributed by atoms with E-state index in [4.69, 9.17) is 0 Å². The molecule has 1 aliphatic rings. The van der Waals surface area contributed by atoms with Gasteiger partial charge in [0.05, 0.1) is 10.2 Å². The van der Waals surface area contributed by atoms with E-state index in [-0.39, 0.29) is 23.5 Å². The zero-order chi connectivity index (χ0) is 17.6. The molecule has 0 spiro atoms. The van der Waals surface area contributed by atoms with Crippen molar-refractivity contribution in [2.75, 3.05) is 5.32 Å². The number of hydrogen-bond donors (Lipinski definition) is 1. The third-order valence-electron chi connectivity index (χ3n) is 4.29. The maximum absolute atomic E-state index is 13.5. The first-order valence-corrected chi connectivity index (χ1v) is 9.32. The predicted octanol–water partition coefficient (Wildman–Crippen LogP) is 5.93. The van der Waals surface area contributed by atoms with Gasteiger partial charge in [0.15, 0.2) is 0 Å². The average molecular weight is 420 g/mol. The van der Waals surface area contributed by atoms with E-state index in [0.717, 1.165) is 27.3 Å². The van der Waals surface area contributed by atoms with Crippen LogP contribution in [0.4, 0.5) is 14.5 Å². The van der Waals surface area contributed by atoms with Crippen LogP contribution in [0.5, 0.6) is 0 Å². The van der Waals surface area contributed by atoms with E-state index in [0.29, 0.717) is 10.9 Å². The van der Waals surface area contributed by atoms with Crippen molar-refractivity contribution in [2.45, 2.75) is 12.3 Å². The zero-order valence-electron chi connectivity index (χ0n) is 12.9. The molecule has 0 fully saturated rings. The minimum atomic E-state index is -0.331. The lowest BCUT2D eigenvalue weighted by Gasteiger charge is -2.24. The summed E-state index contributed by atoms with van der Waals surface area (Å²) in [5, 5.41) is 4.91. The standard InChI is InChI=1S/C19H12BrF2NOS/c20-15-7-11(3-6-16(15)22)13-8-17(24)23-18-14(9-25-19(13)18)10-1-4-12(21)5-2-10/h1-7,9,13H,8H2,(H,23,24)/t13-/m1/s1. The first-order chi connectivity index (χ1) is 12.0. The van der Waals surface area contributed by atoms with Gasteiger partial charge in [-0.3, -0.25) is 4.79 Å². The second-order valence-electron chi connectivity index (χ2n) is 5.87. The molecule has 0 unspecified atom stereocenters. The van der Waals surface area contributed by atoms with Crippen LogP contribution >= 0.6 is 27.3 Å². The molecule has 2 nitrogen and oxygen atoms in total. The number of benzene rings is 2. The number of halogens is 3. The molecular weight excluding hydrogens is 408 g/mol. The number of anilines is 1. The molecule has 4 rings (SSSR count). The van der Waals surface area contributed by atoms with Crippen LogP contribution in [0.1, 0.15) is 22.8 Å². The highest BCUT2D eigenvalue weighted by Gasteiger charge is 2.30. The fraction of sp³-hybridized carbons (Fsp3) is 0.105. The van der Waals surface area contributed by atoms with Crippen LogP contribution in [-0.2, 0) is 4.79 Å². The van der Waals surface area contributed by atoms with Crippen LogP contribution in [-0.4, -0.2) is 5.91 Å². The van der Waals surface area contributed by atoms with Crippen LogP contribution in [0.15, 0.2) is 52.3 Å². The van der Waals surface area contributed by atoms with Crippen molar-refractivity contribution in [1.29, 1.82) is 0 Å². The van der Waals surface area contributed by atoms with Gasteiger partial charge in [-0.25, -0.2) is 8.78 Å². The highest BCUT2D eigenvalue weighted by molar-refractivity contribution is 9.10. The zero-order valence-corrected chi connectivity index (χ0v) is 15.3. The maximum atomic E-state index is 13.5. The van der Waals surface area contributed by atoms with Gasteiger partial charge in [-0.15, -0.1) is 11.3 Å². The van der Waals surface area contributed by atoms with E-state index in [9.17, 15) is 13.6 Å². The number of thiophene rings is 1. The van der Waals surface area contributed by atoms with Gasteiger partial charge >= 0.3 is 0 Å². The molecule has 3 aromatic rings. The molecular formula is C19H12BrF2NOS. The normalized spacial score (nSPS) is 16.4. The number of carbonyl (C=O) groups is 1. The van der Waals surface area contributed by atoms with Crippen LogP contribution in [0.25, 0.3) is 11.1 Å². The lowest BCUT2D eigenvalue weighted by atomic mass is 9.89. The van der Waals surface area contributed by atoms with E-state index >= 15 is 0 Å². The van der Waals surface area contributed by atoms with Crippen molar-refractivity contribution in [3.05, 3.63) is 74.4 Å². The molecule has 2 aromatic carbocycles. The quantitative estimate of drug-likeness (QED) is 0.547. The number of carbonyl (C=O) groups excluding carboxylic acids is 1. The summed E-state index contributed by atoms with van der Waals surface area (Å²) in [5.74, 6) is -0.840. The lowest BCUT2D eigenvalue weighted by molar-refractivity contribution is -0.116. The minimum absolute atomic E-state index is 0.0836. The molecule has 6 heteroatoms. The number of nitrogens with one attached hydrogen (secondary N) is 1. The van der Waals surface area contributed by atoms with Gasteiger partial charge in [-0.05, 0) is 51.3 Å². The minimum Gasteiger partial charge on any atom is -0.325 e. The van der Waals surface area contributed by atoms with Crippen LogP contribution in [0.3, 0.4) is 0 Å². The van der Waals surface area contributed by atoms with Gasteiger partial charge in [-0.2, -0.15) is 0 Å². The Balaban J connectivity index is 1.81. The maximum Gasteiger partial charge on any atom is 0.225 e. The van der Waals surface area contributed by atoms with Crippen molar-refractivity contribution in [3.63, 3.8) is 0 Å². The fourth-order valence-corrected chi connectivity index (χ4v) is 4.62. The molecule has 0 bridgehead atoms. The van der Waals surface area contributed by atoms with Crippen LogP contribution < -0.4 is 5.32 Å². The highest BCUT2D eigenvalue weighted by atomic mass is 79.9. The van der Waals surface area contributed by atoms with E-state index in [2.05, 4.69) is 21.2 Å². The molecule has 1 N–H and O–H groups in total. The van der Waals surface area contributed by atoms with Gasteiger partial charge < -0.3 is 5.32 Å². The Kier molecular flexibility index (Phi) is 4.17. The summed E-state index contributed by atoms with van der Waals surface area (Å²) in [6.07, 6.45) is 0.314. The van der Waals surface area contributed by atoms with Crippen LogP contribution in [0, 0.1) is 11.6 Å². The summed E-state index contributed by atoms with van der Waals surface area (Å²) in [6, 6.07) is 11.0. The summed E-state index contributed by atoms with van der Waals surface area (Å²) in [7, 11) is 0. The number of hydrogen-bond acceptors (Lipinski definition) is 2. The second kappa shape index (κ2) is 6.35. The predicted molar refractivity (Wildman–Crippen MR) is 98.9 cm³/mol. The molecule has 0 radical (unpaired) electrons. The molecule has 126 valence electrons. The summed E-state index contributed by atoms with van der Waals surface area (Å²) in [5.41, 5.74) is 3.37. The number of rotatable bonds is 2. The molecule has 0 saturated heterocycles. The average Bonchev–Trinajstić information content (AvgIpc) is 3.01. The van der Waals surface area contributed by atoms with Crippen LogP contribution in [0.2, 0.25) is 0 Å². The molecule has 0 saturated carbocycles. The van der Waals surface area contributed by atoms with E-state index in [1.54, 1.807) is 35.6 Å². The molecule has 2 heterocycles. The summed E-state index contributed by atoms with van der Waals surface area (Å²) >= 11 is 4.76. The Labute approximate surface area is 155 Å². The molecule has 1 aliphatic heterocycles. The third kappa shape index (κ3) is 3.00. The smallest absolute Gasteiger partial charge is 0.225 e. The van der Waals surface area contributed by atoms with Crippen molar-refractivity contribution in [1.82, 2.24) is 0 Å². The van der Waals surface area contributed by atoms with Crippen molar-refractivity contribution in [3.8, 4) is 11.1 Å². The highest BCUT2D eigenvalue weighted by Crippen LogP contribution is 2.46. The third-order valence-corrected chi connectivity index (χ3v) is 5.99. The van der Waals surface area contributed by atoms with E-state index in [1.165, 1.54) is 18.2 Å². The Morgan fingerprint density at radius 3 is 2.60 bits per heavy atom. The molecule has 1 amide bonds. The first kappa shape index (κ1) is 16.4. The SMILES string of the molecule is O=C1C[C@H](c2ccc(F)c(Br)c2)c2scc(-c3ccc(F)cc3)c2N1. The number of amides is 1. The Bertz CT molecular complexity index is 968. The monoisotopic (exact) mass is 419 g/mol. The summed E-state index contributed by atoms with van der Waals surface area (Å²) < 4.78 is 27.1. The fourth-order valence-electron chi connectivity index (χ4n) is 3.07.